The number of hydrogen-bond acceptors (Lipinski definition) is 5. The molecule has 3 aromatic rings. The standard InChI is InChI=1S/C23H26ClN3O3S3/c1-16-3-8-20-21(15-16)32-23(27(20)13-14-31-2)25-22(28)17-9-11-26(12-10-17)33(29,30)19-6-4-18(24)5-7-19/h3-8,15,17H,9-14H2,1-2H3. The van der Waals surface area contributed by atoms with Gasteiger partial charge in [-0.05, 0) is 68.0 Å². The number of carbonyl (C=O) groups is 1. The number of fused-ring (bicyclic) bond motifs is 1. The number of halogens is 1. The molecule has 1 aliphatic rings. The summed E-state index contributed by atoms with van der Waals surface area (Å²) in [7, 11) is -3.60. The van der Waals surface area contributed by atoms with Gasteiger partial charge in [0.2, 0.25) is 10.0 Å². The van der Waals surface area contributed by atoms with E-state index in [9.17, 15) is 13.2 Å². The van der Waals surface area contributed by atoms with Crippen molar-refractivity contribution in [1.29, 1.82) is 0 Å². The minimum absolute atomic E-state index is 0.167. The van der Waals surface area contributed by atoms with Crippen molar-refractivity contribution in [2.24, 2.45) is 10.9 Å². The first-order chi connectivity index (χ1) is 15.8. The fraction of sp³-hybridized carbons (Fsp3) is 0.391. The van der Waals surface area contributed by atoms with Crippen LogP contribution in [0.4, 0.5) is 0 Å². The molecule has 2 heterocycles. The first kappa shape index (κ1) is 24.5. The Hall–Kier alpha value is -1.65. The van der Waals surface area contributed by atoms with Crippen molar-refractivity contribution in [3.63, 3.8) is 0 Å². The molecule has 0 saturated carbocycles. The molecule has 10 heteroatoms. The summed E-state index contributed by atoms with van der Waals surface area (Å²) in [5, 5.41) is 0.492. The van der Waals surface area contributed by atoms with Gasteiger partial charge in [-0.1, -0.05) is 29.0 Å². The van der Waals surface area contributed by atoms with Crippen molar-refractivity contribution in [1.82, 2.24) is 8.87 Å². The van der Waals surface area contributed by atoms with Crippen LogP contribution < -0.4 is 4.80 Å². The van der Waals surface area contributed by atoms with Crippen molar-refractivity contribution in [2.45, 2.75) is 31.2 Å². The van der Waals surface area contributed by atoms with E-state index < -0.39 is 10.0 Å². The minimum atomic E-state index is -3.60. The summed E-state index contributed by atoms with van der Waals surface area (Å²) in [5.41, 5.74) is 2.27. The highest BCUT2D eigenvalue weighted by atomic mass is 35.5. The molecule has 0 unspecified atom stereocenters. The average molecular weight is 524 g/mol. The zero-order valence-electron chi connectivity index (χ0n) is 18.5. The molecule has 6 nitrogen and oxygen atoms in total. The molecular weight excluding hydrogens is 498 g/mol. The molecule has 0 aliphatic carbocycles. The van der Waals surface area contributed by atoms with Crippen LogP contribution in [0.2, 0.25) is 5.02 Å². The molecule has 0 radical (unpaired) electrons. The summed E-state index contributed by atoms with van der Waals surface area (Å²) in [4.78, 5) is 18.5. The highest BCUT2D eigenvalue weighted by Crippen LogP contribution is 2.26. The number of amides is 1. The third-order valence-electron chi connectivity index (χ3n) is 5.82. The van der Waals surface area contributed by atoms with Gasteiger partial charge in [0.15, 0.2) is 4.80 Å². The topological polar surface area (TPSA) is 71.7 Å². The van der Waals surface area contributed by atoms with Crippen LogP contribution in [-0.2, 0) is 21.4 Å². The van der Waals surface area contributed by atoms with Gasteiger partial charge >= 0.3 is 0 Å². The van der Waals surface area contributed by atoms with Gasteiger partial charge in [-0.15, -0.1) is 0 Å². The zero-order chi connectivity index (χ0) is 23.6. The van der Waals surface area contributed by atoms with Crippen LogP contribution in [-0.4, -0.2) is 48.3 Å². The SMILES string of the molecule is CSCCn1c(=NC(=O)C2CCN(S(=O)(=O)c3ccc(Cl)cc3)CC2)sc2cc(C)ccc21. The van der Waals surface area contributed by atoms with Crippen LogP contribution >= 0.6 is 34.7 Å². The molecule has 0 bridgehead atoms. The Morgan fingerprint density at radius 3 is 2.55 bits per heavy atom. The van der Waals surface area contributed by atoms with Crippen LogP contribution in [0.5, 0.6) is 0 Å². The first-order valence-electron chi connectivity index (χ1n) is 10.7. The quantitative estimate of drug-likeness (QED) is 0.475. The minimum Gasteiger partial charge on any atom is -0.316 e. The van der Waals surface area contributed by atoms with Crippen LogP contribution in [0, 0.1) is 12.8 Å². The lowest BCUT2D eigenvalue weighted by molar-refractivity contribution is -0.122. The first-order valence-corrected chi connectivity index (χ1v) is 14.8. The van der Waals surface area contributed by atoms with Gasteiger partial charge in [-0.3, -0.25) is 4.79 Å². The van der Waals surface area contributed by atoms with Crippen molar-refractivity contribution in [3.05, 3.63) is 57.9 Å². The highest BCUT2D eigenvalue weighted by molar-refractivity contribution is 7.98. The molecule has 1 saturated heterocycles. The number of aromatic nitrogens is 1. The summed E-state index contributed by atoms with van der Waals surface area (Å²) in [6.07, 6.45) is 2.99. The summed E-state index contributed by atoms with van der Waals surface area (Å²) in [5.74, 6) is 0.490. The molecule has 1 aromatic heterocycles. The van der Waals surface area contributed by atoms with Gasteiger partial charge in [0, 0.05) is 36.3 Å². The molecule has 1 aliphatic heterocycles. The monoisotopic (exact) mass is 523 g/mol. The molecular formula is C23H26ClN3O3S3. The molecule has 0 atom stereocenters. The third kappa shape index (κ3) is 5.38. The second-order valence-electron chi connectivity index (χ2n) is 8.08. The van der Waals surface area contributed by atoms with E-state index in [0.29, 0.717) is 35.8 Å². The number of thioether (sulfide) groups is 1. The number of hydrogen-bond donors (Lipinski definition) is 0. The van der Waals surface area contributed by atoms with Crippen molar-refractivity contribution in [3.8, 4) is 0 Å². The fourth-order valence-corrected chi connectivity index (χ4v) is 7.07. The largest absolute Gasteiger partial charge is 0.316 e. The summed E-state index contributed by atoms with van der Waals surface area (Å²) >= 11 is 9.17. The average Bonchev–Trinajstić information content (AvgIpc) is 3.13. The van der Waals surface area contributed by atoms with Crippen LogP contribution in [0.25, 0.3) is 10.2 Å². The second-order valence-corrected chi connectivity index (χ2v) is 12.5. The maximum atomic E-state index is 13.0. The normalized spacial score (nSPS) is 16.5. The van der Waals surface area contributed by atoms with E-state index in [1.807, 2.05) is 0 Å². The Morgan fingerprint density at radius 1 is 1.18 bits per heavy atom. The molecule has 0 spiro atoms. The maximum Gasteiger partial charge on any atom is 0.251 e. The smallest absolute Gasteiger partial charge is 0.251 e. The van der Waals surface area contributed by atoms with Crippen molar-refractivity contribution in [2.75, 3.05) is 25.1 Å². The van der Waals surface area contributed by atoms with E-state index in [1.165, 1.54) is 33.3 Å². The molecule has 33 heavy (non-hydrogen) atoms. The highest BCUT2D eigenvalue weighted by Gasteiger charge is 2.32. The number of nitrogens with zero attached hydrogens (tertiary/aromatic N) is 3. The van der Waals surface area contributed by atoms with Crippen LogP contribution in [0.15, 0.2) is 52.4 Å². The van der Waals surface area contributed by atoms with Gasteiger partial charge in [0.05, 0.1) is 15.1 Å². The summed E-state index contributed by atoms with van der Waals surface area (Å²) in [6, 6.07) is 12.5. The van der Waals surface area contributed by atoms with Gasteiger partial charge in [-0.25, -0.2) is 8.42 Å². The molecule has 4 rings (SSSR count). The predicted octanol–water partition coefficient (Wildman–Crippen LogP) is 4.56. The van der Waals surface area contributed by atoms with E-state index in [0.717, 1.165) is 22.5 Å². The number of thiazole rings is 1. The molecule has 0 N–H and O–H groups in total. The van der Waals surface area contributed by atoms with Crippen LogP contribution in [0.1, 0.15) is 18.4 Å². The Balaban J connectivity index is 1.52. The van der Waals surface area contributed by atoms with Gasteiger partial charge in [0.1, 0.15) is 0 Å². The molecule has 1 fully saturated rings. The van der Waals surface area contributed by atoms with E-state index in [2.05, 4.69) is 40.9 Å². The molecule has 2 aromatic carbocycles. The maximum absolute atomic E-state index is 13.0. The number of sulfonamides is 1. The summed E-state index contributed by atoms with van der Waals surface area (Å²) in [6.45, 7) is 3.44. The van der Waals surface area contributed by atoms with Gasteiger partial charge in [0.25, 0.3) is 5.91 Å². The third-order valence-corrected chi connectivity index (χ3v) is 9.61. The number of piperidine rings is 1. The Morgan fingerprint density at radius 2 is 1.88 bits per heavy atom. The lowest BCUT2D eigenvalue weighted by Gasteiger charge is -2.29. The number of aryl methyl sites for hydroxylation is 2. The van der Waals surface area contributed by atoms with E-state index in [-0.39, 0.29) is 16.7 Å². The van der Waals surface area contributed by atoms with E-state index in [4.69, 9.17) is 11.6 Å². The Bertz CT molecular complexity index is 1320. The Kier molecular flexibility index (Phi) is 7.65. The number of carbonyl (C=O) groups excluding carboxylic acids is 1. The van der Waals surface area contributed by atoms with Gasteiger partial charge in [-0.2, -0.15) is 21.1 Å². The fourth-order valence-electron chi connectivity index (χ4n) is 3.95. The lowest BCUT2D eigenvalue weighted by atomic mass is 9.98. The number of rotatable bonds is 6. The molecule has 176 valence electrons. The number of benzene rings is 2. The van der Waals surface area contributed by atoms with Crippen LogP contribution in [0.3, 0.4) is 0 Å². The van der Waals surface area contributed by atoms with E-state index >= 15 is 0 Å². The van der Waals surface area contributed by atoms with E-state index in [1.54, 1.807) is 23.9 Å². The van der Waals surface area contributed by atoms with Gasteiger partial charge < -0.3 is 4.57 Å². The predicted molar refractivity (Wildman–Crippen MR) is 136 cm³/mol. The molecule has 1 amide bonds. The second kappa shape index (κ2) is 10.3. The van der Waals surface area contributed by atoms with Crippen molar-refractivity contribution >= 4 is 60.8 Å². The lowest BCUT2D eigenvalue weighted by Crippen LogP contribution is -2.40. The van der Waals surface area contributed by atoms with Crippen molar-refractivity contribution < 1.29 is 13.2 Å². The Labute approximate surface area is 207 Å². The summed E-state index contributed by atoms with van der Waals surface area (Å²) < 4.78 is 30.5. The zero-order valence-corrected chi connectivity index (χ0v) is 21.7.